The van der Waals surface area contributed by atoms with Gasteiger partial charge in [0.15, 0.2) is 0 Å². The van der Waals surface area contributed by atoms with Crippen molar-refractivity contribution in [3.8, 4) is 0 Å². The smallest absolute Gasteiger partial charge is 0.410 e. The molecule has 1 atom stereocenters. The first-order chi connectivity index (χ1) is 15.0. The standard InChI is InChI=1S/C24H34N4O4/c1-23(2,3)32-22(31)26-11-13-28(14-12-26)24(4)15-27(16-24)18-7-5-17(6-8-18)19-9-10-20(29)25-21(19)30/h5-8,19H,9-16H2,1-4H3,(H,25,29,30). The number of nitrogens with one attached hydrogen (secondary N) is 1. The highest BCUT2D eigenvalue weighted by atomic mass is 16.6. The molecule has 1 N–H and O–H groups in total. The van der Waals surface area contributed by atoms with Gasteiger partial charge < -0.3 is 14.5 Å². The Hall–Kier alpha value is -2.61. The van der Waals surface area contributed by atoms with Crippen LogP contribution in [0.1, 0.15) is 52.0 Å². The Bertz CT molecular complexity index is 878. The first-order valence-electron chi connectivity index (χ1n) is 11.5. The third-order valence-corrected chi connectivity index (χ3v) is 6.66. The zero-order valence-electron chi connectivity index (χ0n) is 19.5. The predicted molar refractivity (Wildman–Crippen MR) is 122 cm³/mol. The fourth-order valence-corrected chi connectivity index (χ4v) is 4.84. The van der Waals surface area contributed by atoms with Crippen LogP contribution >= 0.6 is 0 Å². The first-order valence-corrected chi connectivity index (χ1v) is 11.5. The summed E-state index contributed by atoms with van der Waals surface area (Å²) in [5.41, 5.74) is 1.72. The second-order valence-electron chi connectivity index (χ2n) is 10.4. The summed E-state index contributed by atoms with van der Waals surface area (Å²) in [5.74, 6) is -0.629. The van der Waals surface area contributed by atoms with Gasteiger partial charge in [-0.25, -0.2) is 4.79 Å². The van der Waals surface area contributed by atoms with Crippen molar-refractivity contribution < 1.29 is 19.1 Å². The van der Waals surface area contributed by atoms with Crippen molar-refractivity contribution in [1.82, 2.24) is 15.1 Å². The Morgan fingerprint density at radius 1 is 1.06 bits per heavy atom. The molecule has 3 heterocycles. The van der Waals surface area contributed by atoms with Crippen LogP contribution < -0.4 is 10.2 Å². The van der Waals surface area contributed by atoms with Crippen molar-refractivity contribution in [2.45, 2.75) is 57.6 Å². The van der Waals surface area contributed by atoms with Crippen LogP contribution in [-0.4, -0.2) is 78.1 Å². The highest BCUT2D eigenvalue weighted by Crippen LogP contribution is 2.34. The monoisotopic (exact) mass is 442 g/mol. The maximum Gasteiger partial charge on any atom is 0.410 e. The molecule has 3 aliphatic rings. The number of anilines is 1. The number of piperazine rings is 1. The molecule has 8 nitrogen and oxygen atoms in total. The van der Waals surface area contributed by atoms with Crippen molar-refractivity contribution in [3.63, 3.8) is 0 Å². The Morgan fingerprint density at radius 2 is 1.69 bits per heavy atom. The van der Waals surface area contributed by atoms with Gasteiger partial charge in [0.2, 0.25) is 11.8 Å². The summed E-state index contributed by atoms with van der Waals surface area (Å²) in [7, 11) is 0. The van der Waals surface area contributed by atoms with E-state index < -0.39 is 5.60 Å². The van der Waals surface area contributed by atoms with Crippen LogP contribution in [0.3, 0.4) is 0 Å². The Kier molecular flexibility index (Phi) is 5.92. The van der Waals surface area contributed by atoms with E-state index in [2.05, 4.69) is 34.2 Å². The summed E-state index contributed by atoms with van der Waals surface area (Å²) in [6.45, 7) is 12.9. The molecule has 1 aromatic carbocycles. The minimum absolute atomic E-state index is 0.0856. The summed E-state index contributed by atoms with van der Waals surface area (Å²) in [5, 5.41) is 2.43. The predicted octanol–water partition coefficient (Wildman–Crippen LogP) is 2.34. The highest BCUT2D eigenvalue weighted by Gasteiger charge is 2.45. The number of amides is 3. The lowest BCUT2D eigenvalue weighted by atomic mass is 9.87. The molecule has 0 saturated carbocycles. The molecule has 0 bridgehead atoms. The van der Waals surface area contributed by atoms with Gasteiger partial charge in [-0.2, -0.15) is 0 Å². The molecule has 1 aromatic rings. The van der Waals surface area contributed by atoms with E-state index >= 15 is 0 Å². The Balaban J connectivity index is 1.28. The Morgan fingerprint density at radius 3 is 2.25 bits per heavy atom. The molecule has 0 aromatic heterocycles. The minimum atomic E-state index is -0.470. The first kappa shape index (κ1) is 22.6. The average molecular weight is 443 g/mol. The van der Waals surface area contributed by atoms with Gasteiger partial charge in [-0.05, 0) is 51.8 Å². The largest absolute Gasteiger partial charge is 0.444 e. The number of carbonyl (C=O) groups is 3. The zero-order valence-corrected chi connectivity index (χ0v) is 19.5. The molecule has 3 saturated heterocycles. The van der Waals surface area contributed by atoms with E-state index in [1.807, 2.05) is 32.9 Å². The van der Waals surface area contributed by atoms with Gasteiger partial charge in [0.05, 0.1) is 11.5 Å². The van der Waals surface area contributed by atoms with Gasteiger partial charge in [-0.3, -0.25) is 19.8 Å². The van der Waals surface area contributed by atoms with E-state index in [0.717, 1.165) is 37.4 Å². The molecular formula is C24H34N4O4. The van der Waals surface area contributed by atoms with Crippen LogP contribution in [-0.2, 0) is 14.3 Å². The summed E-state index contributed by atoms with van der Waals surface area (Å²) in [6, 6.07) is 8.15. The van der Waals surface area contributed by atoms with Crippen molar-refractivity contribution in [2.75, 3.05) is 44.2 Å². The molecule has 174 valence electrons. The van der Waals surface area contributed by atoms with Gasteiger partial charge in [-0.15, -0.1) is 0 Å². The topological polar surface area (TPSA) is 82.2 Å². The molecule has 3 amide bonds. The molecule has 4 rings (SSSR count). The number of piperidine rings is 1. The van der Waals surface area contributed by atoms with Crippen molar-refractivity contribution in [1.29, 1.82) is 0 Å². The van der Waals surface area contributed by atoms with Gasteiger partial charge >= 0.3 is 6.09 Å². The van der Waals surface area contributed by atoms with Crippen LogP contribution in [0.15, 0.2) is 24.3 Å². The number of nitrogens with zero attached hydrogens (tertiary/aromatic N) is 3. The second kappa shape index (κ2) is 8.39. The molecule has 3 aliphatic heterocycles. The fraction of sp³-hybridized carbons (Fsp3) is 0.625. The summed E-state index contributed by atoms with van der Waals surface area (Å²) < 4.78 is 5.50. The van der Waals surface area contributed by atoms with Gasteiger partial charge in [0.1, 0.15) is 5.60 Å². The Labute approximate surface area is 189 Å². The summed E-state index contributed by atoms with van der Waals surface area (Å²) in [6.07, 6.45) is 0.735. The number of imide groups is 1. The maximum atomic E-state index is 12.3. The zero-order chi connectivity index (χ0) is 23.1. The van der Waals surface area contributed by atoms with Crippen molar-refractivity contribution in [2.24, 2.45) is 0 Å². The molecule has 32 heavy (non-hydrogen) atoms. The second-order valence-corrected chi connectivity index (χ2v) is 10.4. The quantitative estimate of drug-likeness (QED) is 0.724. The van der Waals surface area contributed by atoms with Crippen molar-refractivity contribution in [3.05, 3.63) is 29.8 Å². The minimum Gasteiger partial charge on any atom is -0.444 e. The van der Waals surface area contributed by atoms with Crippen molar-refractivity contribution >= 4 is 23.6 Å². The lowest BCUT2D eigenvalue weighted by Gasteiger charge is -2.56. The number of benzene rings is 1. The normalized spacial score (nSPS) is 24.1. The van der Waals surface area contributed by atoms with E-state index in [0.29, 0.717) is 25.9 Å². The third-order valence-electron chi connectivity index (χ3n) is 6.66. The average Bonchev–Trinajstić information content (AvgIpc) is 2.71. The number of ether oxygens (including phenoxy) is 1. The molecule has 0 aliphatic carbocycles. The highest BCUT2D eigenvalue weighted by molar-refractivity contribution is 6.00. The third kappa shape index (κ3) is 4.75. The fourth-order valence-electron chi connectivity index (χ4n) is 4.84. The number of hydrogen-bond acceptors (Lipinski definition) is 6. The number of rotatable bonds is 3. The van der Waals surface area contributed by atoms with Gasteiger partial charge in [0.25, 0.3) is 0 Å². The SMILES string of the molecule is CC(C)(C)OC(=O)N1CCN(C2(C)CN(c3ccc(C4CCC(=O)NC4=O)cc3)C2)CC1. The molecule has 0 radical (unpaired) electrons. The summed E-state index contributed by atoms with van der Waals surface area (Å²) in [4.78, 5) is 42.4. The van der Waals surface area contributed by atoms with Crippen LogP contribution in [0.2, 0.25) is 0 Å². The van der Waals surface area contributed by atoms with E-state index in [1.54, 1.807) is 4.90 Å². The van der Waals surface area contributed by atoms with Gasteiger partial charge in [0, 0.05) is 51.4 Å². The molecule has 8 heteroatoms. The van der Waals surface area contributed by atoms with E-state index in [9.17, 15) is 14.4 Å². The van der Waals surface area contributed by atoms with E-state index in [1.165, 1.54) is 0 Å². The van der Waals surface area contributed by atoms with E-state index in [-0.39, 0.29) is 29.4 Å². The lowest BCUT2D eigenvalue weighted by Crippen LogP contribution is -2.71. The summed E-state index contributed by atoms with van der Waals surface area (Å²) >= 11 is 0. The van der Waals surface area contributed by atoms with Crippen LogP contribution in [0.4, 0.5) is 10.5 Å². The van der Waals surface area contributed by atoms with E-state index in [4.69, 9.17) is 4.74 Å². The molecule has 1 unspecified atom stereocenters. The van der Waals surface area contributed by atoms with Crippen LogP contribution in [0, 0.1) is 0 Å². The van der Waals surface area contributed by atoms with Crippen LogP contribution in [0.25, 0.3) is 0 Å². The maximum absolute atomic E-state index is 12.3. The number of carbonyl (C=O) groups excluding carboxylic acids is 3. The molecular weight excluding hydrogens is 408 g/mol. The number of hydrogen-bond donors (Lipinski definition) is 1. The lowest BCUT2D eigenvalue weighted by molar-refractivity contribution is -0.134. The molecule has 0 spiro atoms. The molecule has 3 fully saturated rings. The van der Waals surface area contributed by atoms with Gasteiger partial charge in [-0.1, -0.05) is 12.1 Å². The van der Waals surface area contributed by atoms with Crippen LogP contribution in [0.5, 0.6) is 0 Å².